The Kier molecular flexibility index (Phi) is 13.2. The Morgan fingerprint density at radius 3 is 2.15 bits per heavy atom. The molecular formula is C21H36NO5+. The van der Waals surface area contributed by atoms with Crippen LogP contribution in [-0.2, 0) is 14.3 Å². The first-order valence-corrected chi connectivity index (χ1v) is 9.50. The Balaban J connectivity index is 4.26. The smallest absolute Gasteiger partial charge is 0.309 e. The van der Waals surface area contributed by atoms with Crippen LogP contribution in [0.15, 0.2) is 36.5 Å². The summed E-state index contributed by atoms with van der Waals surface area (Å²) in [6.07, 6.45) is 13.4. The van der Waals surface area contributed by atoms with Crippen LogP contribution in [0.25, 0.3) is 0 Å². The number of carbonyl (C=O) groups excluding carboxylic acids is 1. The van der Waals surface area contributed by atoms with Gasteiger partial charge < -0.3 is 19.4 Å². The molecule has 0 spiro atoms. The van der Waals surface area contributed by atoms with Gasteiger partial charge in [0, 0.05) is 0 Å². The van der Waals surface area contributed by atoms with Gasteiger partial charge in [0.05, 0.1) is 40.1 Å². The maximum absolute atomic E-state index is 12.0. The summed E-state index contributed by atoms with van der Waals surface area (Å²) in [5.74, 6) is -1.61. The van der Waals surface area contributed by atoms with Gasteiger partial charge in [-0.05, 0) is 19.3 Å². The van der Waals surface area contributed by atoms with E-state index in [2.05, 4.69) is 25.2 Å². The highest BCUT2D eigenvalue weighted by molar-refractivity contribution is 5.72. The number of rotatable bonds is 14. The lowest BCUT2D eigenvalue weighted by atomic mass is 10.2. The van der Waals surface area contributed by atoms with E-state index in [1.54, 1.807) is 12.2 Å². The highest BCUT2D eigenvalue weighted by Gasteiger charge is 2.25. The number of esters is 1. The number of likely N-dealkylation sites (N-methyl/N-ethyl adjacent to an activating group) is 1. The van der Waals surface area contributed by atoms with Gasteiger partial charge in [0.1, 0.15) is 6.54 Å². The van der Waals surface area contributed by atoms with Crippen LogP contribution >= 0.6 is 0 Å². The first kappa shape index (κ1) is 25.1. The minimum Gasteiger partial charge on any atom is -0.481 e. The number of nitrogens with zero attached hydrogens (tertiary/aromatic N) is 1. The molecule has 6 nitrogen and oxygen atoms in total. The van der Waals surface area contributed by atoms with Crippen molar-refractivity contribution in [3.8, 4) is 0 Å². The Labute approximate surface area is 163 Å². The van der Waals surface area contributed by atoms with Crippen LogP contribution in [0.3, 0.4) is 0 Å². The molecule has 2 unspecified atom stereocenters. The number of quaternary nitrogens is 1. The molecule has 154 valence electrons. The largest absolute Gasteiger partial charge is 0.481 e. The zero-order chi connectivity index (χ0) is 20.7. The quantitative estimate of drug-likeness (QED) is 0.274. The van der Waals surface area contributed by atoms with Crippen molar-refractivity contribution in [1.29, 1.82) is 0 Å². The zero-order valence-corrected chi connectivity index (χ0v) is 17.1. The van der Waals surface area contributed by atoms with Gasteiger partial charge in [-0.2, -0.15) is 0 Å². The number of carboxylic acids is 1. The maximum atomic E-state index is 12.0. The van der Waals surface area contributed by atoms with Crippen molar-refractivity contribution in [3.63, 3.8) is 0 Å². The lowest BCUT2D eigenvalue weighted by Gasteiger charge is -2.28. The minimum absolute atomic E-state index is 0.187. The highest BCUT2D eigenvalue weighted by Crippen LogP contribution is 2.08. The SMILES string of the molecule is CCC/C=C/C/C=C/C/C=C/C(O)CC(=O)OC(CC(=O)O)C[N+](C)(C)C. The molecule has 0 aliphatic heterocycles. The fourth-order valence-electron chi connectivity index (χ4n) is 2.39. The van der Waals surface area contributed by atoms with Gasteiger partial charge in [-0.15, -0.1) is 0 Å². The van der Waals surface area contributed by atoms with Crippen LogP contribution in [0, 0.1) is 0 Å². The van der Waals surface area contributed by atoms with Crippen LogP contribution < -0.4 is 0 Å². The van der Waals surface area contributed by atoms with Crippen molar-refractivity contribution in [2.75, 3.05) is 27.7 Å². The zero-order valence-electron chi connectivity index (χ0n) is 17.1. The molecule has 0 aromatic heterocycles. The van der Waals surface area contributed by atoms with E-state index in [0.717, 1.165) is 19.3 Å². The van der Waals surface area contributed by atoms with Crippen molar-refractivity contribution in [1.82, 2.24) is 0 Å². The monoisotopic (exact) mass is 382 g/mol. The average Bonchev–Trinajstić information content (AvgIpc) is 2.50. The molecule has 0 aromatic rings. The van der Waals surface area contributed by atoms with Crippen LogP contribution in [-0.4, -0.2) is 66.5 Å². The van der Waals surface area contributed by atoms with Crippen LogP contribution in [0.5, 0.6) is 0 Å². The molecule has 2 atom stereocenters. The Bertz CT molecular complexity index is 517. The van der Waals surface area contributed by atoms with Crippen molar-refractivity contribution in [3.05, 3.63) is 36.5 Å². The van der Waals surface area contributed by atoms with Crippen molar-refractivity contribution >= 4 is 11.9 Å². The second-order valence-corrected chi connectivity index (χ2v) is 7.59. The summed E-state index contributed by atoms with van der Waals surface area (Å²) in [6, 6.07) is 0. The number of aliphatic hydroxyl groups excluding tert-OH is 1. The van der Waals surface area contributed by atoms with Crippen LogP contribution in [0.2, 0.25) is 0 Å². The molecule has 0 bridgehead atoms. The number of unbranched alkanes of at least 4 members (excludes halogenated alkanes) is 1. The Morgan fingerprint density at radius 1 is 1.00 bits per heavy atom. The van der Waals surface area contributed by atoms with E-state index in [0.29, 0.717) is 17.4 Å². The third kappa shape index (κ3) is 17.3. The molecule has 27 heavy (non-hydrogen) atoms. The first-order chi connectivity index (χ1) is 12.6. The molecule has 2 N–H and O–H groups in total. The normalized spacial score (nSPS) is 14.9. The Hall–Kier alpha value is -1.92. The molecule has 0 rings (SSSR count). The summed E-state index contributed by atoms with van der Waals surface area (Å²) >= 11 is 0. The van der Waals surface area contributed by atoms with Gasteiger partial charge in [-0.25, -0.2) is 0 Å². The van der Waals surface area contributed by atoms with E-state index in [1.807, 2.05) is 27.2 Å². The summed E-state index contributed by atoms with van der Waals surface area (Å²) in [7, 11) is 5.69. The standard InChI is InChI=1S/C21H35NO5/c1-5-6-7-8-9-10-11-12-13-14-18(23)15-21(26)27-19(16-20(24)25)17-22(2,3)4/h7-8,10-11,13-14,18-19,23H,5-6,9,12,15-17H2,1-4H3/p+1/b8-7+,11-10+,14-13+. The van der Waals surface area contributed by atoms with Crippen LogP contribution in [0.4, 0.5) is 0 Å². The number of ether oxygens (including phenoxy) is 1. The molecule has 0 saturated carbocycles. The second kappa shape index (κ2) is 14.2. The van der Waals surface area contributed by atoms with Crippen LogP contribution in [0.1, 0.15) is 45.4 Å². The van der Waals surface area contributed by atoms with Crippen molar-refractivity contribution in [2.24, 2.45) is 0 Å². The molecular weight excluding hydrogens is 346 g/mol. The van der Waals surface area contributed by atoms with Gasteiger partial charge in [0.25, 0.3) is 0 Å². The molecule has 0 heterocycles. The van der Waals surface area contributed by atoms with E-state index in [-0.39, 0.29) is 12.8 Å². The van der Waals surface area contributed by atoms with E-state index in [9.17, 15) is 14.7 Å². The van der Waals surface area contributed by atoms with Gasteiger partial charge >= 0.3 is 11.9 Å². The summed E-state index contributed by atoms with van der Waals surface area (Å²) in [4.78, 5) is 22.9. The number of allylic oxidation sites excluding steroid dienone is 5. The third-order valence-electron chi connectivity index (χ3n) is 3.52. The number of aliphatic carboxylic acids is 1. The fraction of sp³-hybridized carbons (Fsp3) is 0.619. The van der Waals surface area contributed by atoms with Crippen molar-refractivity contribution < 1.29 is 29.0 Å². The highest BCUT2D eigenvalue weighted by atomic mass is 16.5. The lowest BCUT2D eigenvalue weighted by Crippen LogP contribution is -2.44. The third-order valence-corrected chi connectivity index (χ3v) is 3.52. The van der Waals surface area contributed by atoms with E-state index in [1.165, 1.54) is 0 Å². The lowest BCUT2D eigenvalue weighted by molar-refractivity contribution is -0.873. The predicted octanol–water partition coefficient (Wildman–Crippen LogP) is 3.08. The van der Waals surface area contributed by atoms with Gasteiger partial charge in [-0.1, -0.05) is 49.8 Å². The fourth-order valence-corrected chi connectivity index (χ4v) is 2.39. The van der Waals surface area contributed by atoms with Gasteiger partial charge in [0.15, 0.2) is 6.10 Å². The van der Waals surface area contributed by atoms with Gasteiger partial charge in [0.2, 0.25) is 0 Å². The summed E-state index contributed by atoms with van der Waals surface area (Å²) in [5.41, 5.74) is 0. The average molecular weight is 383 g/mol. The van der Waals surface area contributed by atoms with E-state index < -0.39 is 24.1 Å². The molecule has 0 aliphatic rings. The second-order valence-electron chi connectivity index (χ2n) is 7.59. The first-order valence-electron chi connectivity index (χ1n) is 9.50. The number of aliphatic hydroxyl groups is 1. The number of carbonyl (C=O) groups is 2. The minimum atomic E-state index is -1.02. The maximum Gasteiger partial charge on any atom is 0.309 e. The summed E-state index contributed by atoms with van der Waals surface area (Å²) in [5, 5.41) is 18.9. The molecule has 0 radical (unpaired) electrons. The number of hydrogen-bond donors (Lipinski definition) is 2. The topological polar surface area (TPSA) is 83.8 Å². The molecule has 0 fully saturated rings. The number of carboxylic acid groups (broad SMARTS) is 1. The summed E-state index contributed by atoms with van der Waals surface area (Å²) in [6.45, 7) is 2.53. The predicted molar refractivity (Wildman–Crippen MR) is 107 cm³/mol. The Morgan fingerprint density at radius 2 is 1.59 bits per heavy atom. The molecule has 0 saturated heterocycles. The molecule has 0 aliphatic carbocycles. The van der Waals surface area contributed by atoms with Crippen molar-refractivity contribution in [2.45, 2.75) is 57.7 Å². The molecule has 0 aromatic carbocycles. The summed E-state index contributed by atoms with van der Waals surface area (Å²) < 4.78 is 5.73. The molecule has 0 amide bonds. The van der Waals surface area contributed by atoms with Gasteiger partial charge in [-0.3, -0.25) is 9.59 Å². The number of hydrogen-bond acceptors (Lipinski definition) is 4. The molecule has 6 heteroatoms. The van der Waals surface area contributed by atoms with E-state index >= 15 is 0 Å². The van der Waals surface area contributed by atoms with E-state index in [4.69, 9.17) is 9.84 Å².